The van der Waals surface area contributed by atoms with E-state index in [1.807, 2.05) is 0 Å². The van der Waals surface area contributed by atoms with Gasteiger partial charge in [0.05, 0.1) is 0 Å². The Morgan fingerprint density at radius 2 is 1.54 bits per heavy atom. The summed E-state index contributed by atoms with van der Waals surface area (Å²) in [5, 5.41) is 0. The molecule has 13 heavy (non-hydrogen) atoms. The van der Waals surface area contributed by atoms with Gasteiger partial charge in [0.2, 0.25) is 0 Å². The first kappa shape index (κ1) is 11.1. The molecular weight excluding hydrogens is 156 g/mol. The van der Waals surface area contributed by atoms with Crippen LogP contribution in [0.25, 0.3) is 0 Å². The quantitative estimate of drug-likeness (QED) is 0.587. The maximum atomic E-state index is 2.52. The highest BCUT2D eigenvalue weighted by atomic mass is 14.6. The Morgan fingerprint density at radius 3 is 1.85 bits per heavy atom. The van der Waals surface area contributed by atoms with Crippen molar-refractivity contribution in [1.29, 1.82) is 0 Å². The molecule has 78 valence electrons. The summed E-state index contributed by atoms with van der Waals surface area (Å²) in [6.45, 7) is 12.0. The summed E-state index contributed by atoms with van der Waals surface area (Å²) in [4.78, 5) is 0. The second-order valence-electron chi connectivity index (χ2n) is 5.25. The Bertz CT molecular complexity index is 149. The Balaban J connectivity index is 2.48. The molecule has 1 rings (SSSR count). The maximum Gasteiger partial charge on any atom is -0.0261 e. The van der Waals surface area contributed by atoms with Crippen LogP contribution in [0.3, 0.4) is 0 Å². The smallest absolute Gasteiger partial charge is 0.0261 e. The predicted molar refractivity (Wildman–Crippen MR) is 59.7 cm³/mol. The summed E-state index contributed by atoms with van der Waals surface area (Å²) in [5.41, 5.74) is 0.707. The molecule has 0 spiro atoms. The normalized spacial score (nSPS) is 40.4. The zero-order valence-corrected chi connectivity index (χ0v) is 10.1. The lowest BCUT2D eigenvalue weighted by molar-refractivity contribution is 0.342. The van der Waals surface area contributed by atoms with E-state index in [9.17, 15) is 0 Å². The van der Waals surface area contributed by atoms with E-state index in [2.05, 4.69) is 34.6 Å². The first-order valence-electron chi connectivity index (χ1n) is 6.10. The first-order chi connectivity index (χ1) is 6.10. The van der Waals surface area contributed by atoms with E-state index < -0.39 is 0 Å². The molecule has 0 amide bonds. The largest absolute Gasteiger partial charge is 0.0651 e. The maximum absolute atomic E-state index is 2.52. The molecule has 0 N–H and O–H groups in total. The Morgan fingerprint density at radius 1 is 1.08 bits per heavy atom. The van der Waals surface area contributed by atoms with Gasteiger partial charge >= 0.3 is 0 Å². The monoisotopic (exact) mass is 182 g/mol. The summed E-state index contributed by atoms with van der Waals surface area (Å²) in [6, 6.07) is 0. The van der Waals surface area contributed by atoms with Crippen LogP contribution < -0.4 is 0 Å². The minimum Gasteiger partial charge on any atom is -0.0651 e. The zero-order chi connectivity index (χ0) is 10.1. The van der Waals surface area contributed by atoms with Gasteiger partial charge in [-0.3, -0.25) is 0 Å². The lowest BCUT2D eigenvalue weighted by atomic mass is 9.89. The number of hydrogen-bond donors (Lipinski definition) is 0. The van der Waals surface area contributed by atoms with Crippen molar-refractivity contribution >= 4 is 0 Å². The molecule has 0 aliphatic heterocycles. The highest BCUT2D eigenvalue weighted by Gasteiger charge is 2.57. The highest BCUT2D eigenvalue weighted by Crippen LogP contribution is 2.64. The third-order valence-corrected chi connectivity index (χ3v) is 4.44. The van der Waals surface area contributed by atoms with Crippen molar-refractivity contribution in [2.24, 2.45) is 23.2 Å². The van der Waals surface area contributed by atoms with Gasteiger partial charge in [0.1, 0.15) is 0 Å². The van der Waals surface area contributed by atoms with Gasteiger partial charge in [-0.1, -0.05) is 53.9 Å². The van der Waals surface area contributed by atoms with Crippen LogP contribution in [0.4, 0.5) is 0 Å². The molecule has 0 aromatic rings. The van der Waals surface area contributed by atoms with Crippen molar-refractivity contribution < 1.29 is 0 Å². The van der Waals surface area contributed by atoms with Gasteiger partial charge in [-0.05, 0) is 29.6 Å². The van der Waals surface area contributed by atoms with Crippen LogP contribution in [0.5, 0.6) is 0 Å². The van der Waals surface area contributed by atoms with E-state index in [0.29, 0.717) is 5.41 Å². The average molecular weight is 182 g/mol. The van der Waals surface area contributed by atoms with Gasteiger partial charge in [-0.25, -0.2) is 0 Å². The SMILES string of the molecule is CCC(C)CC1(C)C(CC)C1CC. The molecule has 0 radical (unpaired) electrons. The fraction of sp³-hybridized carbons (Fsp3) is 1.00. The van der Waals surface area contributed by atoms with Crippen molar-refractivity contribution in [2.45, 2.75) is 60.3 Å². The van der Waals surface area contributed by atoms with Gasteiger partial charge in [0, 0.05) is 0 Å². The topological polar surface area (TPSA) is 0 Å². The molecule has 0 heteroatoms. The number of hydrogen-bond acceptors (Lipinski definition) is 0. The summed E-state index contributed by atoms with van der Waals surface area (Å²) in [6.07, 6.45) is 5.60. The fourth-order valence-corrected chi connectivity index (χ4v) is 3.46. The third kappa shape index (κ3) is 1.92. The summed E-state index contributed by atoms with van der Waals surface area (Å²) in [7, 11) is 0. The predicted octanol–water partition coefficient (Wildman–Crippen LogP) is 4.49. The molecule has 1 saturated carbocycles. The first-order valence-corrected chi connectivity index (χ1v) is 6.10. The Labute approximate surface area is 84.1 Å². The summed E-state index contributed by atoms with van der Waals surface area (Å²) >= 11 is 0. The van der Waals surface area contributed by atoms with Crippen LogP contribution in [0, 0.1) is 23.2 Å². The van der Waals surface area contributed by atoms with Crippen molar-refractivity contribution in [2.75, 3.05) is 0 Å². The molecule has 0 bridgehead atoms. The second-order valence-corrected chi connectivity index (χ2v) is 5.25. The van der Waals surface area contributed by atoms with Gasteiger partial charge in [-0.15, -0.1) is 0 Å². The van der Waals surface area contributed by atoms with Crippen LogP contribution in [-0.2, 0) is 0 Å². The molecule has 0 aromatic carbocycles. The van der Waals surface area contributed by atoms with Gasteiger partial charge in [0.15, 0.2) is 0 Å². The fourth-order valence-electron chi connectivity index (χ4n) is 3.46. The summed E-state index contributed by atoms with van der Waals surface area (Å²) < 4.78 is 0. The minimum absolute atomic E-state index is 0.707. The van der Waals surface area contributed by atoms with Crippen LogP contribution in [0.15, 0.2) is 0 Å². The van der Waals surface area contributed by atoms with Crippen LogP contribution in [0.2, 0.25) is 0 Å². The van der Waals surface area contributed by atoms with E-state index in [1.54, 1.807) is 0 Å². The number of rotatable bonds is 5. The molecule has 3 unspecified atom stereocenters. The molecule has 3 atom stereocenters. The van der Waals surface area contributed by atoms with E-state index in [0.717, 1.165) is 17.8 Å². The van der Waals surface area contributed by atoms with E-state index in [4.69, 9.17) is 0 Å². The molecule has 0 heterocycles. The third-order valence-electron chi connectivity index (χ3n) is 4.44. The standard InChI is InChI=1S/C13H26/c1-6-10(4)9-13(5)11(7-2)12(13)8-3/h10-12H,6-9H2,1-5H3. The van der Waals surface area contributed by atoms with Crippen molar-refractivity contribution in [3.8, 4) is 0 Å². The summed E-state index contributed by atoms with van der Waals surface area (Å²) in [5.74, 6) is 2.99. The minimum atomic E-state index is 0.707. The van der Waals surface area contributed by atoms with Gasteiger partial charge in [0.25, 0.3) is 0 Å². The lowest BCUT2D eigenvalue weighted by Crippen LogP contribution is -2.06. The van der Waals surface area contributed by atoms with Crippen molar-refractivity contribution in [3.63, 3.8) is 0 Å². The highest BCUT2D eigenvalue weighted by molar-refractivity contribution is 5.06. The Hall–Kier alpha value is 0. The van der Waals surface area contributed by atoms with Crippen molar-refractivity contribution in [3.05, 3.63) is 0 Å². The van der Waals surface area contributed by atoms with E-state index >= 15 is 0 Å². The molecule has 0 saturated heterocycles. The van der Waals surface area contributed by atoms with Crippen LogP contribution in [0.1, 0.15) is 60.3 Å². The zero-order valence-electron chi connectivity index (χ0n) is 10.1. The van der Waals surface area contributed by atoms with Crippen molar-refractivity contribution in [1.82, 2.24) is 0 Å². The molecule has 0 aromatic heterocycles. The van der Waals surface area contributed by atoms with Crippen LogP contribution in [-0.4, -0.2) is 0 Å². The average Bonchev–Trinajstić information content (AvgIpc) is 2.69. The molecular formula is C13H26. The van der Waals surface area contributed by atoms with Gasteiger partial charge < -0.3 is 0 Å². The molecule has 1 fully saturated rings. The van der Waals surface area contributed by atoms with E-state index in [-0.39, 0.29) is 0 Å². The Kier molecular flexibility index (Phi) is 3.43. The second kappa shape index (κ2) is 4.02. The molecule has 1 aliphatic rings. The van der Waals surface area contributed by atoms with E-state index in [1.165, 1.54) is 25.7 Å². The van der Waals surface area contributed by atoms with Crippen LogP contribution >= 0.6 is 0 Å². The molecule has 1 aliphatic carbocycles. The lowest BCUT2D eigenvalue weighted by Gasteiger charge is -2.16. The van der Waals surface area contributed by atoms with Gasteiger partial charge in [-0.2, -0.15) is 0 Å². The molecule has 0 nitrogen and oxygen atoms in total.